The zero-order valence-electron chi connectivity index (χ0n) is 16.0. The molecule has 27 heavy (non-hydrogen) atoms. The van der Waals surface area contributed by atoms with Crippen molar-refractivity contribution < 1.29 is 9.53 Å². The van der Waals surface area contributed by atoms with Crippen LogP contribution in [0.15, 0.2) is 36.8 Å². The van der Waals surface area contributed by atoms with Crippen LogP contribution in [-0.2, 0) is 16.1 Å². The molecule has 7 heteroatoms. The first-order valence-corrected chi connectivity index (χ1v) is 9.62. The Morgan fingerprint density at radius 3 is 2.74 bits per heavy atom. The zero-order chi connectivity index (χ0) is 18.8. The number of piperidine rings is 1. The number of pyridine rings is 1. The molecule has 0 bridgehead atoms. The number of rotatable bonds is 5. The number of likely N-dealkylation sites (tertiary alicyclic amines) is 2. The van der Waals surface area contributed by atoms with Crippen LogP contribution in [0, 0.1) is 6.92 Å². The molecule has 0 spiro atoms. The van der Waals surface area contributed by atoms with Gasteiger partial charge in [-0.25, -0.2) is 0 Å². The van der Waals surface area contributed by atoms with Gasteiger partial charge in [0.25, 0.3) is 0 Å². The van der Waals surface area contributed by atoms with Crippen molar-refractivity contribution in [2.75, 3.05) is 26.7 Å². The smallest absolute Gasteiger partial charge is 0.244 e. The molecule has 2 atom stereocenters. The SMILES string of the molecule is CO[C@H]1CN(C2CCN(C(=O)Cn3ccc(C)n3)CC2)[C@H]1c1cccnc1. The summed E-state index contributed by atoms with van der Waals surface area (Å²) in [4.78, 5) is 21.3. The lowest BCUT2D eigenvalue weighted by molar-refractivity contribution is -0.138. The summed E-state index contributed by atoms with van der Waals surface area (Å²) in [6.07, 6.45) is 7.82. The Hall–Kier alpha value is -2.25. The van der Waals surface area contributed by atoms with E-state index in [1.807, 2.05) is 36.4 Å². The van der Waals surface area contributed by atoms with Crippen molar-refractivity contribution in [1.29, 1.82) is 0 Å². The van der Waals surface area contributed by atoms with Gasteiger partial charge in [0, 0.05) is 51.4 Å². The fraction of sp³-hybridized carbons (Fsp3) is 0.550. The fourth-order valence-corrected chi connectivity index (χ4v) is 4.27. The number of methoxy groups -OCH3 is 1. The molecule has 4 rings (SSSR count). The van der Waals surface area contributed by atoms with Crippen molar-refractivity contribution >= 4 is 5.91 Å². The molecule has 2 saturated heterocycles. The van der Waals surface area contributed by atoms with Gasteiger partial charge in [0.05, 0.1) is 17.8 Å². The highest BCUT2D eigenvalue weighted by atomic mass is 16.5. The predicted octanol–water partition coefficient (Wildman–Crippen LogP) is 1.65. The minimum Gasteiger partial charge on any atom is -0.378 e. The summed E-state index contributed by atoms with van der Waals surface area (Å²) in [5, 5.41) is 4.31. The number of hydrogen-bond donors (Lipinski definition) is 0. The van der Waals surface area contributed by atoms with E-state index < -0.39 is 0 Å². The molecule has 2 aromatic rings. The monoisotopic (exact) mass is 369 g/mol. The molecule has 0 saturated carbocycles. The van der Waals surface area contributed by atoms with Crippen molar-refractivity contribution in [2.45, 2.75) is 44.5 Å². The Morgan fingerprint density at radius 2 is 2.11 bits per heavy atom. The van der Waals surface area contributed by atoms with Gasteiger partial charge >= 0.3 is 0 Å². The summed E-state index contributed by atoms with van der Waals surface area (Å²) < 4.78 is 7.38. The van der Waals surface area contributed by atoms with Crippen LogP contribution in [0.2, 0.25) is 0 Å². The molecule has 2 aromatic heterocycles. The second kappa shape index (κ2) is 7.78. The number of hydrogen-bond acceptors (Lipinski definition) is 5. The maximum atomic E-state index is 12.5. The third-order valence-electron chi connectivity index (χ3n) is 5.79. The van der Waals surface area contributed by atoms with Crippen molar-refractivity contribution in [3.05, 3.63) is 48.0 Å². The van der Waals surface area contributed by atoms with E-state index in [0.717, 1.165) is 38.2 Å². The Bertz CT molecular complexity index is 770. The van der Waals surface area contributed by atoms with E-state index in [0.29, 0.717) is 12.6 Å². The molecule has 4 heterocycles. The topological polar surface area (TPSA) is 63.5 Å². The highest BCUT2D eigenvalue weighted by Gasteiger charge is 2.44. The Balaban J connectivity index is 1.34. The molecule has 2 aliphatic rings. The van der Waals surface area contributed by atoms with E-state index in [-0.39, 0.29) is 18.1 Å². The van der Waals surface area contributed by atoms with Crippen molar-refractivity contribution in [3.8, 4) is 0 Å². The average molecular weight is 369 g/mol. The lowest BCUT2D eigenvalue weighted by Gasteiger charge is -2.52. The van der Waals surface area contributed by atoms with Crippen molar-refractivity contribution in [2.24, 2.45) is 0 Å². The number of carbonyl (C=O) groups excluding carboxylic acids is 1. The Labute approximate surface area is 159 Å². The Kier molecular flexibility index (Phi) is 5.22. The molecule has 0 unspecified atom stereocenters. The van der Waals surface area contributed by atoms with Crippen LogP contribution in [0.3, 0.4) is 0 Å². The molecule has 1 amide bonds. The maximum absolute atomic E-state index is 12.5. The quantitative estimate of drug-likeness (QED) is 0.802. The number of ether oxygens (including phenoxy) is 1. The van der Waals surface area contributed by atoms with Gasteiger partial charge in [0.2, 0.25) is 5.91 Å². The fourth-order valence-electron chi connectivity index (χ4n) is 4.27. The molecule has 0 N–H and O–H groups in total. The van der Waals surface area contributed by atoms with E-state index in [4.69, 9.17) is 4.74 Å². The number of aromatic nitrogens is 3. The Morgan fingerprint density at radius 1 is 1.30 bits per heavy atom. The molecular formula is C20H27N5O2. The van der Waals surface area contributed by atoms with Crippen LogP contribution in [0.4, 0.5) is 0 Å². The summed E-state index contributed by atoms with van der Waals surface area (Å²) in [6.45, 7) is 4.81. The molecule has 144 valence electrons. The number of amides is 1. The minimum atomic E-state index is 0.152. The summed E-state index contributed by atoms with van der Waals surface area (Å²) >= 11 is 0. The third-order valence-corrected chi connectivity index (χ3v) is 5.79. The van der Waals surface area contributed by atoms with Crippen LogP contribution in [0.25, 0.3) is 0 Å². The number of nitrogens with zero attached hydrogens (tertiary/aromatic N) is 5. The van der Waals surface area contributed by atoms with Crippen LogP contribution in [0.5, 0.6) is 0 Å². The summed E-state index contributed by atoms with van der Waals surface area (Å²) in [7, 11) is 1.78. The third kappa shape index (κ3) is 3.75. The van der Waals surface area contributed by atoms with Crippen LogP contribution in [0.1, 0.15) is 30.1 Å². The first-order chi connectivity index (χ1) is 13.2. The van der Waals surface area contributed by atoms with Gasteiger partial charge in [-0.2, -0.15) is 5.10 Å². The first-order valence-electron chi connectivity index (χ1n) is 9.62. The van der Waals surface area contributed by atoms with E-state index in [2.05, 4.69) is 21.0 Å². The minimum absolute atomic E-state index is 0.152. The van der Waals surface area contributed by atoms with Crippen LogP contribution < -0.4 is 0 Å². The summed E-state index contributed by atoms with van der Waals surface area (Å²) in [5.41, 5.74) is 2.15. The molecular weight excluding hydrogens is 342 g/mol. The van der Waals surface area contributed by atoms with Crippen molar-refractivity contribution in [3.63, 3.8) is 0 Å². The maximum Gasteiger partial charge on any atom is 0.244 e. The normalized spacial score (nSPS) is 24.0. The number of aryl methyl sites for hydroxylation is 1. The van der Waals surface area contributed by atoms with E-state index in [9.17, 15) is 4.79 Å². The molecule has 0 aromatic carbocycles. The average Bonchev–Trinajstić information content (AvgIpc) is 3.07. The van der Waals surface area contributed by atoms with Gasteiger partial charge in [-0.15, -0.1) is 0 Å². The van der Waals surface area contributed by atoms with Gasteiger partial charge in [0.1, 0.15) is 6.54 Å². The predicted molar refractivity (Wildman–Crippen MR) is 101 cm³/mol. The largest absolute Gasteiger partial charge is 0.378 e. The van der Waals surface area contributed by atoms with Crippen molar-refractivity contribution in [1.82, 2.24) is 24.6 Å². The van der Waals surface area contributed by atoms with E-state index in [1.54, 1.807) is 18.0 Å². The lowest BCUT2D eigenvalue weighted by atomic mass is 9.87. The molecule has 0 aliphatic carbocycles. The van der Waals surface area contributed by atoms with E-state index >= 15 is 0 Å². The summed E-state index contributed by atoms with van der Waals surface area (Å²) in [5.74, 6) is 0.152. The van der Waals surface area contributed by atoms with Crippen LogP contribution in [-0.4, -0.2) is 69.4 Å². The summed E-state index contributed by atoms with van der Waals surface area (Å²) in [6, 6.07) is 6.78. The zero-order valence-corrected chi connectivity index (χ0v) is 16.0. The lowest BCUT2D eigenvalue weighted by Crippen LogP contribution is -2.60. The van der Waals surface area contributed by atoms with E-state index in [1.165, 1.54) is 5.56 Å². The molecule has 2 fully saturated rings. The standard InChI is InChI=1S/C20H27N5O2/c1-15-5-11-24(22-15)14-19(26)23-9-6-17(7-10-23)25-13-18(27-2)20(25)16-4-3-8-21-12-16/h3-5,8,11-12,17-18,20H,6-7,9-10,13-14H2,1-2H3/t18-,20-/m0/s1. The second-order valence-electron chi connectivity index (χ2n) is 7.47. The van der Waals surface area contributed by atoms with Gasteiger partial charge in [0.15, 0.2) is 0 Å². The second-order valence-corrected chi connectivity index (χ2v) is 7.47. The molecule has 7 nitrogen and oxygen atoms in total. The van der Waals surface area contributed by atoms with Gasteiger partial charge < -0.3 is 9.64 Å². The van der Waals surface area contributed by atoms with Gasteiger partial charge in [-0.1, -0.05) is 6.07 Å². The highest BCUT2D eigenvalue weighted by Crippen LogP contribution is 2.39. The molecule has 0 radical (unpaired) electrons. The number of carbonyl (C=O) groups is 1. The van der Waals surface area contributed by atoms with Crippen LogP contribution >= 0.6 is 0 Å². The van der Waals surface area contributed by atoms with Gasteiger partial charge in [-0.3, -0.25) is 19.4 Å². The first kappa shape index (κ1) is 18.1. The molecule has 2 aliphatic heterocycles. The van der Waals surface area contributed by atoms with Gasteiger partial charge in [-0.05, 0) is 37.5 Å². The highest BCUT2D eigenvalue weighted by molar-refractivity contribution is 5.76.